The van der Waals surface area contributed by atoms with Crippen LogP contribution >= 0.6 is 12.2 Å². The van der Waals surface area contributed by atoms with E-state index in [1.807, 2.05) is 49.5 Å². The van der Waals surface area contributed by atoms with E-state index in [0.29, 0.717) is 24.0 Å². The Bertz CT molecular complexity index is 1240. The zero-order valence-corrected chi connectivity index (χ0v) is 20.4. The zero-order chi connectivity index (χ0) is 23.6. The summed E-state index contributed by atoms with van der Waals surface area (Å²) < 4.78 is 33.4. The van der Waals surface area contributed by atoms with Gasteiger partial charge in [-0.05, 0) is 67.2 Å². The van der Waals surface area contributed by atoms with Gasteiger partial charge in [-0.25, -0.2) is 8.42 Å². The molecule has 8 nitrogen and oxygen atoms in total. The molecule has 0 amide bonds. The molecule has 0 aliphatic carbocycles. The molecule has 174 valence electrons. The Hall–Kier alpha value is -2.95. The summed E-state index contributed by atoms with van der Waals surface area (Å²) in [5, 5.41) is 4.03. The summed E-state index contributed by atoms with van der Waals surface area (Å²) >= 11 is 5.79. The van der Waals surface area contributed by atoms with Crippen molar-refractivity contribution in [1.82, 2.24) is 14.9 Å². The van der Waals surface area contributed by atoms with E-state index >= 15 is 0 Å². The lowest BCUT2D eigenvalue weighted by Gasteiger charge is -2.29. The maximum atomic E-state index is 11.7. The molecule has 2 N–H and O–H groups in total. The summed E-state index contributed by atoms with van der Waals surface area (Å²) in [5.41, 5.74) is 4.17. The first-order valence-electron chi connectivity index (χ1n) is 10.5. The topological polar surface area (TPSA) is 88.5 Å². The van der Waals surface area contributed by atoms with Gasteiger partial charge in [0.2, 0.25) is 10.0 Å². The van der Waals surface area contributed by atoms with Crippen LogP contribution in [0.2, 0.25) is 0 Å². The fourth-order valence-electron chi connectivity index (χ4n) is 4.13. The quantitative estimate of drug-likeness (QED) is 0.473. The summed E-state index contributed by atoms with van der Waals surface area (Å²) in [4.78, 5) is 6.66. The predicted molar refractivity (Wildman–Crippen MR) is 134 cm³/mol. The number of rotatable bonds is 8. The molecule has 0 radical (unpaired) electrons. The van der Waals surface area contributed by atoms with Gasteiger partial charge in [-0.2, -0.15) is 0 Å². The second-order valence-corrected chi connectivity index (χ2v) is 10.1. The van der Waals surface area contributed by atoms with Crippen LogP contribution < -0.4 is 14.9 Å². The van der Waals surface area contributed by atoms with E-state index in [4.69, 9.17) is 17.0 Å². The minimum atomic E-state index is -3.37. The molecule has 3 heterocycles. The number of aromatic nitrogens is 2. The van der Waals surface area contributed by atoms with Crippen molar-refractivity contribution in [3.63, 3.8) is 0 Å². The number of nitrogens with one attached hydrogen (secondary N) is 2. The minimum Gasteiger partial charge on any atom is -0.383 e. The Morgan fingerprint density at radius 3 is 2.70 bits per heavy atom. The van der Waals surface area contributed by atoms with Crippen LogP contribution in [-0.4, -0.2) is 43.1 Å². The molecule has 4 rings (SSSR count). The van der Waals surface area contributed by atoms with Gasteiger partial charge in [0, 0.05) is 37.4 Å². The Morgan fingerprint density at radius 1 is 1.21 bits per heavy atom. The van der Waals surface area contributed by atoms with Gasteiger partial charge in [-0.3, -0.25) is 9.71 Å². The summed E-state index contributed by atoms with van der Waals surface area (Å²) in [6.45, 7) is 3.17. The number of pyridine rings is 1. The van der Waals surface area contributed by atoms with Gasteiger partial charge < -0.3 is 19.5 Å². The van der Waals surface area contributed by atoms with Gasteiger partial charge in [0.1, 0.15) is 6.04 Å². The smallest absolute Gasteiger partial charge is 0.229 e. The van der Waals surface area contributed by atoms with E-state index in [0.717, 1.165) is 28.9 Å². The van der Waals surface area contributed by atoms with Crippen molar-refractivity contribution in [3.05, 3.63) is 77.9 Å². The molecular weight excluding hydrogens is 458 g/mol. The molecule has 3 aromatic rings. The van der Waals surface area contributed by atoms with Crippen LogP contribution in [0.15, 0.2) is 60.9 Å². The Balaban J connectivity index is 1.78. The molecule has 0 bridgehead atoms. The average Bonchev–Trinajstić information content (AvgIpc) is 3.37. The lowest BCUT2D eigenvalue weighted by Crippen LogP contribution is -2.30. The predicted octanol–water partition coefficient (Wildman–Crippen LogP) is 3.39. The van der Waals surface area contributed by atoms with Crippen molar-refractivity contribution in [1.29, 1.82) is 0 Å². The Kier molecular flexibility index (Phi) is 6.68. The number of aryl methyl sites for hydroxylation is 1. The summed E-state index contributed by atoms with van der Waals surface area (Å²) in [6, 6.07) is 15.2. The SMILES string of the molecule is COCCn1cccc1[C@H]1[C@H](c2ccccn2)NC(=S)N1c1ccc(NS(C)(=O)=O)c(C)c1. The van der Waals surface area contributed by atoms with Crippen molar-refractivity contribution < 1.29 is 13.2 Å². The fourth-order valence-corrected chi connectivity index (χ4v) is 5.11. The highest BCUT2D eigenvalue weighted by Crippen LogP contribution is 2.42. The highest BCUT2D eigenvalue weighted by Gasteiger charge is 2.42. The molecule has 1 aliphatic rings. The second-order valence-electron chi connectivity index (χ2n) is 7.99. The number of hydrogen-bond acceptors (Lipinski definition) is 5. The Morgan fingerprint density at radius 2 is 2.03 bits per heavy atom. The molecule has 10 heteroatoms. The molecule has 1 saturated heterocycles. The van der Waals surface area contributed by atoms with E-state index in [-0.39, 0.29) is 12.1 Å². The number of anilines is 2. The maximum absolute atomic E-state index is 11.7. The van der Waals surface area contributed by atoms with Gasteiger partial charge in [0.15, 0.2) is 5.11 Å². The van der Waals surface area contributed by atoms with Crippen LogP contribution in [0.5, 0.6) is 0 Å². The first-order valence-corrected chi connectivity index (χ1v) is 12.8. The number of methoxy groups -OCH3 is 1. The third kappa shape index (κ3) is 5.02. The third-order valence-electron chi connectivity index (χ3n) is 5.59. The number of ether oxygens (including phenoxy) is 1. The van der Waals surface area contributed by atoms with E-state index in [2.05, 4.69) is 30.6 Å². The molecule has 1 aliphatic heterocycles. The molecule has 33 heavy (non-hydrogen) atoms. The van der Waals surface area contributed by atoms with Crippen LogP contribution in [0.1, 0.15) is 29.0 Å². The summed E-state index contributed by atoms with van der Waals surface area (Å²) in [7, 11) is -1.69. The van der Waals surface area contributed by atoms with Gasteiger partial charge in [0.25, 0.3) is 0 Å². The van der Waals surface area contributed by atoms with E-state index in [1.165, 1.54) is 0 Å². The fraction of sp³-hybridized carbons (Fsp3) is 0.304. The van der Waals surface area contributed by atoms with Crippen molar-refractivity contribution in [2.45, 2.75) is 25.6 Å². The monoisotopic (exact) mass is 485 g/mol. The van der Waals surface area contributed by atoms with E-state index in [1.54, 1.807) is 19.4 Å². The largest absolute Gasteiger partial charge is 0.383 e. The van der Waals surface area contributed by atoms with Crippen molar-refractivity contribution >= 4 is 38.7 Å². The van der Waals surface area contributed by atoms with Crippen LogP contribution in [0.25, 0.3) is 0 Å². The molecule has 1 fully saturated rings. The molecule has 0 saturated carbocycles. The van der Waals surface area contributed by atoms with Crippen LogP contribution in [0, 0.1) is 6.92 Å². The van der Waals surface area contributed by atoms with Gasteiger partial charge in [-0.15, -0.1) is 0 Å². The molecule has 2 aromatic heterocycles. The van der Waals surface area contributed by atoms with Crippen molar-refractivity contribution in [2.24, 2.45) is 0 Å². The van der Waals surface area contributed by atoms with Crippen molar-refractivity contribution in [3.8, 4) is 0 Å². The van der Waals surface area contributed by atoms with Crippen LogP contribution in [0.4, 0.5) is 11.4 Å². The number of hydrogen-bond donors (Lipinski definition) is 2. The molecule has 0 unspecified atom stereocenters. The zero-order valence-electron chi connectivity index (χ0n) is 18.7. The highest BCUT2D eigenvalue weighted by atomic mass is 32.2. The molecule has 0 spiro atoms. The molecule has 1 aromatic carbocycles. The van der Waals surface area contributed by atoms with Crippen LogP contribution in [0.3, 0.4) is 0 Å². The maximum Gasteiger partial charge on any atom is 0.229 e. The minimum absolute atomic E-state index is 0.160. The Labute approximate surface area is 199 Å². The van der Waals surface area contributed by atoms with Gasteiger partial charge in [-0.1, -0.05) is 6.07 Å². The summed E-state index contributed by atoms with van der Waals surface area (Å²) in [5.74, 6) is 0. The number of benzene rings is 1. The third-order valence-corrected chi connectivity index (χ3v) is 6.49. The lowest BCUT2D eigenvalue weighted by atomic mass is 10.0. The normalized spacial score (nSPS) is 18.4. The second kappa shape index (κ2) is 9.50. The molecular formula is C23H27N5O3S2. The van der Waals surface area contributed by atoms with Crippen molar-refractivity contribution in [2.75, 3.05) is 29.6 Å². The number of sulfonamides is 1. The number of nitrogens with zero attached hydrogens (tertiary/aromatic N) is 3. The standard InChI is InChI=1S/C23H27N5O3S2/c1-16-15-17(9-10-18(16)26-33(3,29)30)28-22(20-8-6-12-27(20)13-14-31-2)21(25-23(28)32)19-7-4-5-11-24-19/h4-12,15,21-22,26H,13-14H2,1-3H3,(H,25,32)/t21-,22-/m0/s1. The lowest BCUT2D eigenvalue weighted by molar-refractivity contribution is 0.186. The summed E-state index contributed by atoms with van der Waals surface area (Å²) in [6.07, 6.45) is 4.95. The highest BCUT2D eigenvalue weighted by molar-refractivity contribution is 7.92. The molecule has 2 atom stereocenters. The average molecular weight is 486 g/mol. The van der Waals surface area contributed by atoms with E-state index < -0.39 is 10.0 Å². The first kappa shape index (κ1) is 23.2. The van der Waals surface area contributed by atoms with Crippen LogP contribution in [-0.2, 0) is 21.3 Å². The first-order chi connectivity index (χ1) is 15.8. The van der Waals surface area contributed by atoms with Gasteiger partial charge >= 0.3 is 0 Å². The van der Waals surface area contributed by atoms with E-state index in [9.17, 15) is 8.42 Å². The van der Waals surface area contributed by atoms with Gasteiger partial charge in [0.05, 0.1) is 30.3 Å². The number of thiocarbonyl (C=S) groups is 1.